The van der Waals surface area contributed by atoms with Crippen molar-refractivity contribution < 1.29 is 9.53 Å². The molecule has 98 valence electrons. The molecule has 0 aromatic heterocycles. The fourth-order valence-electron chi connectivity index (χ4n) is 1.47. The number of anilines is 1. The second-order valence-electron chi connectivity index (χ2n) is 4.04. The van der Waals surface area contributed by atoms with Crippen LogP contribution in [0.1, 0.15) is 6.92 Å². The Labute approximate surface area is 120 Å². The van der Waals surface area contributed by atoms with Crippen LogP contribution in [0.25, 0.3) is 0 Å². The van der Waals surface area contributed by atoms with Gasteiger partial charge in [0.05, 0.1) is 4.83 Å². The number of nitrogens with one attached hydrogen (secondary N) is 1. The Balaban J connectivity index is 2.01. The van der Waals surface area contributed by atoms with Crippen molar-refractivity contribution in [3.05, 3.63) is 54.6 Å². The lowest BCUT2D eigenvalue weighted by atomic mass is 10.3. The van der Waals surface area contributed by atoms with Gasteiger partial charge < -0.3 is 10.1 Å². The van der Waals surface area contributed by atoms with Crippen molar-refractivity contribution in [1.82, 2.24) is 0 Å². The van der Waals surface area contributed by atoms with Crippen LogP contribution in [0, 0.1) is 0 Å². The number of carbonyl (C=O) groups is 1. The zero-order chi connectivity index (χ0) is 13.7. The van der Waals surface area contributed by atoms with Crippen molar-refractivity contribution in [3.63, 3.8) is 0 Å². The highest BCUT2D eigenvalue weighted by Gasteiger charge is 2.08. The Hall–Kier alpha value is -1.81. The lowest BCUT2D eigenvalue weighted by Gasteiger charge is -2.08. The monoisotopic (exact) mass is 319 g/mol. The van der Waals surface area contributed by atoms with Gasteiger partial charge in [0.15, 0.2) is 0 Å². The number of alkyl halides is 1. The highest BCUT2D eigenvalue weighted by Crippen LogP contribution is 2.22. The SMILES string of the molecule is C[C@H](Br)C(=O)Nc1ccc(Oc2ccccc2)cc1. The first-order chi connectivity index (χ1) is 9.15. The van der Waals surface area contributed by atoms with Gasteiger partial charge in [-0.05, 0) is 43.3 Å². The molecule has 0 unspecified atom stereocenters. The molecule has 0 aliphatic heterocycles. The van der Waals surface area contributed by atoms with E-state index in [1.807, 2.05) is 54.6 Å². The van der Waals surface area contributed by atoms with E-state index in [-0.39, 0.29) is 10.7 Å². The van der Waals surface area contributed by atoms with E-state index in [1.54, 1.807) is 6.92 Å². The summed E-state index contributed by atoms with van der Waals surface area (Å²) in [5.41, 5.74) is 0.747. The van der Waals surface area contributed by atoms with Crippen molar-refractivity contribution in [2.75, 3.05) is 5.32 Å². The van der Waals surface area contributed by atoms with Crippen molar-refractivity contribution in [1.29, 1.82) is 0 Å². The van der Waals surface area contributed by atoms with Crippen molar-refractivity contribution in [2.24, 2.45) is 0 Å². The Morgan fingerprint density at radius 2 is 1.63 bits per heavy atom. The summed E-state index contributed by atoms with van der Waals surface area (Å²) in [5, 5.41) is 2.79. The van der Waals surface area contributed by atoms with Crippen molar-refractivity contribution in [3.8, 4) is 11.5 Å². The Bertz CT molecular complexity index is 538. The largest absolute Gasteiger partial charge is 0.457 e. The van der Waals surface area contributed by atoms with Gasteiger partial charge in [-0.15, -0.1) is 0 Å². The maximum atomic E-state index is 11.5. The van der Waals surface area contributed by atoms with E-state index in [2.05, 4.69) is 21.2 Å². The normalized spacial score (nSPS) is 11.7. The van der Waals surface area contributed by atoms with Crippen LogP contribution in [0.3, 0.4) is 0 Å². The molecule has 0 saturated heterocycles. The van der Waals surface area contributed by atoms with Crippen LogP contribution in [0.4, 0.5) is 5.69 Å². The molecule has 0 heterocycles. The number of hydrogen-bond donors (Lipinski definition) is 1. The average molecular weight is 320 g/mol. The third kappa shape index (κ3) is 4.10. The second-order valence-corrected chi connectivity index (χ2v) is 5.42. The van der Waals surface area contributed by atoms with Gasteiger partial charge in [0, 0.05) is 5.69 Å². The molecule has 1 atom stereocenters. The molecule has 4 heteroatoms. The van der Waals surface area contributed by atoms with Gasteiger partial charge in [-0.25, -0.2) is 0 Å². The number of halogens is 1. The Morgan fingerprint density at radius 3 is 2.21 bits per heavy atom. The van der Waals surface area contributed by atoms with Crippen LogP contribution in [-0.4, -0.2) is 10.7 Å². The minimum Gasteiger partial charge on any atom is -0.457 e. The molecule has 2 aromatic carbocycles. The molecule has 0 aliphatic rings. The van der Waals surface area contributed by atoms with E-state index in [0.29, 0.717) is 0 Å². The molecule has 2 aromatic rings. The third-order valence-electron chi connectivity index (χ3n) is 2.46. The maximum Gasteiger partial charge on any atom is 0.237 e. The van der Waals surface area contributed by atoms with Crippen LogP contribution in [0.5, 0.6) is 11.5 Å². The minimum absolute atomic E-state index is 0.0725. The zero-order valence-electron chi connectivity index (χ0n) is 10.5. The average Bonchev–Trinajstić information content (AvgIpc) is 2.42. The smallest absolute Gasteiger partial charge is 0.237 e. The standard InChI is InChI=1S/C15H14BrNO2/c1-11(16)15(18)17-12-7-9-14(10-8-12)19-13-5-3-2-4-6-13/h2-11H,1H3,(H,17,18)/t11-/m0/s1. The number of benzene rings is 2. The third-order valence-corrected chi connectivity index (χ3v) is 2.88. The topological polar surface area (TPSA) is 38.3 Å². The number of para-hydroxylation sites is 1. The predicted octanol–water partition coefficient (Wildman–Crippen LogP) is 4.20. The second kappa shape index (κ2) is 6.38. The summed E-state index contributed by atoms with van der Waals surface area (Å²) in [6, 6.07) is 16.8. The molecule has 0 fully saturated rings. The number of amides is 1. The van der Waals surface area contributed by atoms with Crippen LogP contribution in [-0.2, 0) is 4.79 Å². The fourth-order valence-corrected chi connectivity index (χ4v) is 1.59. The molecule has 1 amide bonds. The number of ether oxygens (including phenoxy) is 1. The highest BCUT2D eigenvalue weighted by molar-refractivity contribution is 9.10. The lowest BCUT2D eigenvalue weighted by molar-refractivity contribution is -0.115. The van der Waals surface area contributed by atoms with Crippen LogP contribution >= 0.6 is 15.9 Å². The van der Waals surface area contributed by atoms with Crippen molar-refractivity contribution in [2.45, 2.75) is 11.8 Å². The minimum atomic E-state index is -0.215. The Kier molecular flexibility index (Phi) is 4.58. The van der Waals surface area contributed by atoms with Crippen LogP contribution < -0.4 is 10.1 Å². The van der Waals surface area contributed by atoms with Gasteiger partial charge >= 0.3 is 0 Å². The molecule has 19 heavy (non-hydrogen) atoms. The van der Waals surface area contributed by atoms with E-state index in [4.69, 9.17) is 4.74 Å². The van der Waals surface area contributed by atoms with Gasteiger partial charge in [-0.3, -0.25) is 4.79 Å². The summed E-state index contributed by atoms with van der Waals surface area (Å²) >= 11 is 3.22. The fraction of sp³-hybridized carbons (Fsp3) is 0.133. The summed E-state index contributed by atoms with van der Waals surface area (Å²) in [4.78, 5) is 11.3. The van der Waals surface area contributed by atoms with Gasteiger partial charge in [0.2, 0.25) is 5.91 Å². The van der Waals surface area contributed by atoms with Crippen molar-refractivity contribution >= 4 is 27.5 Å². The molecular weight excluding hydrogens is 306 g/mol. The number of hydrogen-bond acceptors (Lipinski definition) is 2. The summed E-state index contributed by atoms with van der Waals surface area (Å²) < 4.78 is 5.66. The molecule has 2 rings (SSSR count). The zero-order valence-corrected chi connectivity index (χ0v) is 12.1. The summed E-state index contributed by atoms with van der Waals surface area (Å²) in [7, 11) is 0. The van der Waals surface area contributed by atoms with E-state index >= 15 is 0 Å². The number of carbonyl (C=O) groups excluding carboxylic acids is 1. The molecule has 0 aliphatic carbocycles. The van der Waals surface area contributed by atoms with E-state index in [9.17, 15) is 4.79 Å². The molecule has 0 saturated carbocycles. The quantitative estimate of drug-likeness (QED) is 0.858. The molecule has 3 nitrogen and oxygen atoms in total. The first-order valence-electron chi connectivity index (χ1n) is 5.93. The molecule has 1 N–H and O–H groups in total. The van der Waals surface area contributed by atoms with Crippen LogP contribution in [0.2, 0.25) is 0 Å². The highest BCUT2D eigenvalue weighted by atomic mass is 79.9. The van der Waals surface area contributed by atoms with E-state index in [1.165, 1.54) is 0 Å². The van der Waals surface area contributed by atoms with Gasteiger partial charge in [0.25, 0.3) is 0 Å². The van der Waals surface area contributed by atoms with Crippen LogP contribution in [0.15, 0.2) is 54.6 Å². The summed E-state index contributed by atoms with van der Waals surface area (Å²) in [6.45, 7) is 1.78. The molecule has 0 radical (unpaired) electrons. The molecular formula is C15H14BrNO2. The first kappa shape index (κ1) is 13.6. The maximum absolute atomic E-state index is 11.5. The van der Waals surface area contributed by atoms with Gasteiger partial charge in [0.1, 0.15) is 11.5 Å². The predicted molar refractivity (Wildman–Crippen MR) is 80.0 cm³/mol. The van der Waals surface area contributed by atoms with Gasteiger partial charge in [-0.1, -0.05) is 34.1 Å². The summed E-state index contributed by atoms with van der Waals surface area (Å²) in [6.07, 6.45) is 0. The molecule has 0 spiro atoms. The number of rotatable bonds is 4. The van der Waals surface area contributed by atoms with E-state index in [0.717, 1.165) is 17.2 Å². The first-order valence-corrected chi connectivity index (χ1v) is 6.84. The summed E-state index contributed by atoms with van der Waals surface area (Å²) in [5.74, 6) is 1.45. The Morgan fingerprint density at radius 1 is 1.05 bits per heavy atom. The lowest BCUT2D eigenvalue weighted by Crippen LogP contribution is -2.19. The molecule has 0 bridgehead atoms. The van der Waals surface area contributed by atoms with Gasteiger partial charge in [-0.2, -0.15) is 0 Å². The van der Waals surface area contributed by atoms with E-state index < -0.39 is 0 Å².